The van der Waals surface area contributed by atoms with E-state index in [4.69, 9.17) is 9.26 Å². The number of ether oxygens (including phenoxy) is 1. The van der Waals surface area contributed by atoms with Crippen molar-refractivity contribution in [3.05, 3.63) is 53.3 Å². The molecule has 7 nitrogen and oxygen atoms in total. The van der Waals surface area contributed by atoms with Crippen LogP contribution in [0, 0.1) is 12.7 Å². The van der Waals surface area contributed by atoms with Crippen LogP contribution in [0.25, 0.3) is 10.9 Å². The summed E-state index contributed by atoms with van der Waals surface area (Å²) < 4.78 is 22.9. The molecule has 0 unspecified atom stereocenters. The fraction of sp³-hybridized carbons (Fsp3) is 0.235. The molecule has 0 spiro atoms. The summed E-state index contributed by atoms with van der Waals surface area (Å²) in [6.45, 7) is 1.66. The first-order valence-electron chi connectivity index (χ1n) is 7.55. The number of nitrogens with zero attached hydrogens (tertiary/aromatic N) is 1. The van der Waals surface area contributed by atoms with Crippen molar-refractivity contribution in [2.45, 2.75) is 19.4 Å². The lowest BCUT2D eigenvalue weighted by Crippen LogP contribution is -2.43. The van der Waals surface area contributed by atoms with E-state index in [0.717, 1.165) is 10.9 Å². The van der Waals surface area contributed by atoms with Gasteiger partial charge in [0.15, 0.2) is 5.69 Å². The molecule has 3 aromatic rings. The molecule has 0 aliphatic heterocycles. The molecule has 2 N–H and O–H groups in total. The molecule has 0 aliphatic rings. The number of hydrogen-bond donors (Lipinski definition) is 2. The Bertz CT molecular complexity index is 931. The first-order chi connectivity index (χ1) is 12.0. The molecule has 3 rings (SSSR count). The molecule has 0 bridgehead atoms. The highest BCUT2D eigenvalue weighted by atomic mass is 19.1. The topological polar surface area (TPSA) is 97.2 Å². The van der Waals surface area contributed by atoms with Gasteiger partial charge in [-0.15, -0.1) is 0 Å². The van der Waals surface area contributed by atoms with Gasteiger partial charge in [0.25, 0.3) is 5.91 Å². The molecule has 2 aromatic heterocycles. The first-order valence-corrected chi connectivity index (χ1v) is 7.55. The van der Waals surface area contributed by atoms with E-state index in [0.29, 0.717) is 11.3 Å². The zero-order valence-corrected chi connectivity index (χ0v) is 13.6. The molecule has 0 aliphatic carbocycles. The second kappa shape index (κ2) is 6.76. The van der Waals surface area contributed by atoms with E-state index >= 15 is 0 Å². The maximum absolute atomic E-state index is 13.3. The van der Waals surface area contributed by atoms with Gasteiger partial charge in [0, 0.05) is 29.6 Å². The second-order valence-corrected chi connectivity index (χ2v) is 5.58. The number of carbonyl (C=O) groups excluding carboxylic acids is 2. The molecule has 25 heavy (non-hydrogen) atoms. The minimum Gasteiger partial charge on any atom is -0.467 e. The second-order valence-electron chi connectivity index (χ2n) is 5.58. The number of esters is 1. The summed E-state index contributed by atoms with van der Waals surface area (Å²) in [5.41, 5.74) is 1.44. The molecule has 0 saturated heterocycles. The number of hydrogen-bond acceptors (Lipinski definition) is 5. The summed E-state index contributed by atoms with van der Waals surface area (Å²) in [7, 11) is 1.24. The SMILES string of the molecule is COC(=O)[C@H](Cc1c[nH]c2cc(F)ccc12)NC(=O)c1cc(C)on1. The van der Waals surface area contributed by atoms with Crippen molar-refractivity contribution in [2.24, 2.45) is 0 Å². The molecule has 0 saturated carbocycles. The standard InChI is InChI=1S/C17H16FN3O4/c1-9-5-14(21-25-9)16(22)20-15(17(23)24-2)6-10-8-19-13-7-11(18)3-4-12(10)13/h3-5,7-8,15,19H,6H2,1-2H3,(H,20,22)/t15-/m0/s1. The van der Waals surface area contributed by atoms with Gasteiger partial charge in [-0.1, -0.05) is 5.16 Å². The predicted molar refractivity (Wildman–Crippen MR) is 86.5 cm³/mol. The molecule has 0 radical (unpaired) electrons. The Morgan fingerprint density at radius 2 is 2.20 bits per heavy atom. The van der Waals surface area contributed by atoms with Gasteiger partial charge in [0.2, 0.25) is 0 Å². The van der Waals surface area contributed by atoms with Crippen molar-refractivity contribution in [1.82, 2.24) is 15.5 Å². The third kappa shape index (κ3) is 3.52. The van der Waals surface area contributed by atoms with Crippen molar-refractivity contribution in [3.8, 4) is 0 Å². The maximum Gasteiger partial charge on any atom is 0.328 e. The first kappa shape index (κ1) is 16.7. The lowest BCUT2D eigenvalue weighted by atomic mass is 10.0. The number of halogens is 1. The average Bonchev–Trinajstić information content (AvgIpc) is 3.19. The van der Waals surface area contributed by atoms with Gasteiger partial charge >= 0.3 is 5.97 Å². The molecular weight excluding hydrogens is 329 g/mol. The summed E-state index contributed by atoms with van der Waals surface area (Å²) in [6, 6.07) is 4.87. The Balaban J connectivity index is 1.83. The molecule has 8 heteroatoms. The van der Waals surface area contributed by atoms with Crippen LogP contribution in [0.2, 0.25) is 0 Å². The van der Waals surface area contributed by atoms with E-state index in [1.807, 2.05) is 0 Å². The number of aromatic nitrogens is 2. The molecule has 2 heterocycles. The summed E-state index contributed by atoms with van der Waals surface area (Å²) in [5, 5.41) is 6.98. The van der Waals surface area contributed by atoms with Crippen molar-refractivity contribution in [3.63, 3.8) is 0 Å². The van der Waals surface area contributed by atoms with E-state index < -0.39 is 17.9 Å². The number of aromatic amines is 1. The summed E-state index contributed by atoms with van der Waals surface area (Å²) >= 11 is 0. The van der Waals surface area contributed by atoms with E-state index in [9.17, 15) is 14.0 Å². The van der Waals surface area contributed by atoms with E-state index in [1.54, 1.807) is 19.2 Å². The highest BCUT2D eigenvalue weighted by molar-refractivity contribution is 5.95. The Hall–Kier alpha value is -3.16. The van der Waals surface area contributed by atoms with Crippen LogP contribution in [0.15, 0.2) is 35.0 Å². The number of fused-ring (bicyclic) bond motifs is 1. The number of amides is 1. The van der Waals surface area contributed by atoms with Gasteiger partial charge in [-0.05, 0) is 30.7 Å². The lowest BCUT2D eigenvalue weighted by molar-refractivity contribution is -0.142. The van der Waals surface area contributed by atoms with Crippen molar-refractivity contribution < 1.29 is 23.2 Å². The number of aryl methyl sites for hydroxylation is 1. The lowest BCUT2D eigenvalue weighted by Gasteiger charge is -2.15. The zero-order valence-electron chi connectivity index (χ0n) is 13.6. The number of benzene rings is 1. The zero-order chi connectivity index (χ0) is 18.0. The molecule has 1 aromatic carbocycles. The van der Waals surface area contributed by atoms with Gasteiger partial charge in [-0.2, -0.15) is 0 Å². The number of methoxy groups -OCH3 is 1. The van der Waals surface area contributed by atoms with Crippen LogP contribution in [-0.2, 0) is 16.0 Å². The van der Waals surface area contributed by atoms with Crippen molar-refractivity contribution in [2.75, 3.05) is 7.11 Å². The number of H-pyrrole nitrogens is 1. The molecule has 1 atom stereocenters. The monoisotopic (exact) mass is 345 g/mol. The number of rotatable bonds is 5. The summed E-state index contributed by atoms with van der Waals surface area (Å²) in [5.74, 6) is -1.01. The third-order valence-electron chi connectivity index (χ3n) is 3.81. The van der Waals surface area contributed by atoms with Crippen molar-refractivity contribution in [1.29, 1.82) is 0 Å². The molecular formula is C17H16FN3O4. The van der Waals surface area contributed by atoms with Crippen LogP contribution in [-0.4, -0.2) is 35.2 Å². The van der Waals surface area contributed by atoms with Gasteiger partial charge in [-0.3, -0.25) is 4.79 Å². The molecule has 0 fully saturated rings. The number of carbonyl (C=O) groups is 2. The minimum atomic E-state index is -0.918. The van der Waals surface area contributed by atoms with Crippen LogP contribution in [0.1, 0.15) is 21.8 Å². The fourth-order valence-electron chi connectivity index (χ4n) is 2.59. The highest BCUT2D eigenvalue weighted by Crippen LogP contribution is 2.21. The van der Waals surface area contributed by atoms with Crippen LogP contribution in [0.3, 0.4) is 0 Å². The Morgan fingerprint density at radius 1 is 1.40 bits per heavy atom. The smallest absolute Gasteiger partial charge is 0.328 e. The van der Waals surface area contributed by atoms with E-state index in [2.05, 4.69) is 15.5 Å². The Kier molecular flexibility index (Phi) is 4.51. The maximum atomic E-state index is 13.3. The van der Waals surface area contributed by atoms with Gasteiger partial charge in [0.1, 0.15) is 17.6 Å². The quantitative estimate of drug-likeness (QED) is 0.690. The normalized spacial score (nSPS) is 12.1. The highest BCUT2D eigenvalue weighted by Gasteiger charge is 2.25. The Labute approximate surface area is 142 Å². The average molecular weight is 345 g/mol. The number of nitrogens with one attached hydrogen (secondary N) is 2. The summed E-state index contributed by atoms with van der Waals surface area (Å²) in [4.78, 5) is 27.2. The van der Waals surface area contributed by atoms with Crippen LogP contribution in [0.4, 0.5) is 4.39 Å². The molecule has 1 amide bonds. The third-order valence-corrected chi connectivity index (χ3v) is 3.81. The molecule has 130 valence electrons. The van der Waals surface area contributed by atoms with Gasteiger partial charge < -0.3 is 19.6 Å². The predicted octanol–water partition coefficient (Wildman–Crippen LogP) is 2.12. The van der Waals surface area contributed by atoms with Crippen LogP contribution < -0.4 is 5.32 Å². The van der Waals surface area contributed by atoms with Crippen LogP contribution >= 0.6 is 0 Å². The van der Waals surface area contributed by atoms with Crippen molar-refractivity contribution >= 4 is 22.8 Å². The summed E-state index contributed by atoms with van der Waals surface area (Å²) in [6.07, 6.45) is 1.85. The minimum absolute atomic E-state index is 0.0763. The largest absolute Gasteiger partial charge is 0.467 e. The van der Waals surface area contributed by atoms with Gasteiger partial charge in [-0.25, -0.2) is 9.18 Å². The van der Waals surface area contributed by atoms with E-state index in [1.165, 1.54) is 25.3 Å². The van der Waals surface area contributed by atoms with Crippen LogP contribution in [0.5, 0.6) is 0 Å². The fourth-order valence-corrected chi connectivity index (χ4v) is 2.59. The van der Waals surface area contributed by atoms with E-state index in [-0.39, 0.29) is 17.9 Å². The Morgan fingerprint density at radius 3 is 2.88 bits per heavy atom. The van der Waals surface area contributed by atoms with Gasteiger partial charge in [0.05, 0.1) is 7.11 Å².